The molecule has 4 nitrogen and oxygen atoms in total. The average molecular weight is 344 g/mol. The third kappa shape index (κ3) is 2.52. The molecule has 0 unspecified atom stereocenters. The van der Waals surface area contributed by atoms with Crippen molar-refractivity contribution in [2.45, 2.75) is 24.3 Å². The third-order valence-corrected chi connectivity index (χ3v) is 6.37. The zero-order valence-corrected chi connectivity index (χ0v) is 13.8. The number of fused-ring (bicyclic) bond motifs is 3. The van der Waals surface area contributed by atoms with Gasteiger partial charge in [0.25, 0.3) is 0 Å². The van der Waals surface area contributed by atoms with Crippen LogP contribution >= 0.6 is 0 Å². The van der Waals surface area contributed by atoms with Crippen LogP contribution < -0.4 is 0 Å². The van der Waals surface area contributed by atoms with Gasteiger partial charge in [-0.05, 0) is 48.7 Å². The normalized spacial score (nSPS) is 16.0. The van der Waals surface area contributed by atoms with Crippen molar-refractivity contribution in [3.05, 3.63) is 65.6 Å². The molecule has 1 aromatic heterocycles. The topological polar surface area (TPSA) is 53.2 Å². The fourth-order valence-electron chi connectivity index (χ4n) is 3.30. The van der Waals surface area contributed by atoms with E-state index in [9.17, 15) is 12.8 Å². The lowest BCUT2D eigenvalue weighted by molar-refractivity contribution is 0.411. The monoisotopic (exact) mass is 344 g/mol. The van der Waals surface area contributed by atoms with E-state index >= 15 is 0 Å². The van der Waals surface area contributed by atoms with Crippen LogP contribution in [-0.4, -0.2) is 24.3 Å². The van der Waals surface area contributed by atoms with Crippen molar-refractivity contribution in [2.75, 3.05) is 6.54 Å². The Kier molecular flexibility index (Phi) is 3.66. The maximum absolute atomic E-state index is 13.6. The highest BCUT2D eigenvalue weighted by atomic mass is 32.2. The van der Waals surface area contributed by atoms with Gasteiger partial charge in [0.15, 0.2) is 0 Å². The molecule has 2 heterocycles. The number of nitrogens with zero attached hydrogens (tertiary/aromatic N) is 1. The lowest BCUT2D eigenvalue weighted by Crippen LogP contribution is -2.30. The Morgan fingerprint density at radius 2 is 1.88 bits per heavy atom. The molecule has 6 heteroatoms. The zero-order chi connectivity index (χ0) is 16.7. The fraction of sp³-hybridized carbons (Fsp3) is 0.222. The van der Waals surface area contributed by atoms with Crippen LogP contribution in [0.3, 0.4) is 0 Å². The van der Waals surface area contributed by atoms with Gasteiger partial charge in [-0.25, -0.2) is 12.8 Å². The highest BCUT2D eigenvalue weighted by molar-refractivity contribution is 7.89. The van der Waals surface area contributed by atoms with E-state index in [-0.39, 0.29) is 12.4 Å². The van der Waals surface area contributed by atoms with Crippen molar-refractivity contribution in [1.29, 1.82) is 0 Å². The molecule has 0 amide bonds. The summed E-state index contributed by atoms with van der Waals surface area (Å²) in [5.74, 6) is -0.314. The van der Waals surface area contributed by atoms with Crippen molar-refractivity contribution in [3.8, 4) is 0 Å². The molecule has 2 aromatic carbocycles. The van der Waals surface area contributed by atoms with Crippen molar-refractivity contribution in [1.82, 2.24) is 9.29 Å². The number of rotatable bonds is 2. The molecule has 1 aliphatic heterocycles. The van der Waals surface area contributed by atoms with E-state index in [2.05, 4.69) is 4.98 Å². The molecule has 0 bridgehead atoms. The van der Waals surface area contributed by atoms with E-state index in [1.165, 1.54) is 16.4 Å². The first kappa shape index (κ1) is 15.4. The SMILES string of the molecule is O=S(=O)(c1ccccc1)N1CCCc2[nH]c3ccc(F)cc3c2C1. The molecule has 0 fully saturated rings. The Balaban J connectivity index is 1.79. The van der Waals surface area contributed by atoms with Crippen molar-refractivity contribution in [3.63, 3.8) is 0 Å². The van der Waals surface area contributed by atoms with Crippen LogP contribution in [0.15, 0.2) is 53.4 Å². The van der Waals surface area contributed by atoms with Gasteiger partial charge in [-0.3, -0.25) is 0 Å². The number of halogens is 1. The number of hydrogen-bond acceptors (Lipinski definition) is 2. The van der Waals surface area contributed by atoms with Gasteiger partial charge in [0, 0.05) is 29.7 Å². The van der Waals surface area contributed by atoms with Crippen LogP contribution in [0.1, 0.15) is 17.7 Å². The van der Waals surface area contributed by atoms with Crippen LogP contribution in [0, 0.1) is 5.82 Å². The Bertz CT molecular complexity index is 997. The van der Waals surface area contributed by atoms with Gasteiger partial charge in [0.2, 0.25) is 10.0 Å². The first-order valence-electron chi connectivity index (χ1n) is 7.90. The maximum atomic E-state index is 13.6. The molecular weight excluding hydrogens is 327 g/mol. The average Bonchev–Trinajstić information content (AvgIpc) is 2.78. The van der Waals surface area contributed by atoms with Crippen molar-refractivity contribution < 1.29 is 12.8 Å². The van der Waals surface area contributed by atoms with Gasteiger partial charge in [-0.15, -0.1) is 0 Å². The Labute approximate surface area is 140 Å². The molecule has 0 atom stereocenters. The number of hydrogen-bond donors (Lipinski definition) is 1. The Hall–Kier alpha value is -2.18. The van der Waals surface area contributed by atoms with E-state index < -0.39 is 10.0 Å². The third-order valence-electron chi connectivity index (χ3n) is 4.51. The smallest absolute Gasteiger partial charge is 0.243 e. The molecule has 24 heavy (non-hydrogen) atoms. The van der Waals surface area contributed by atoms with Crippen LogP contribution in [0.4, 0.5) is 4.39 Å². The summed E-state index contributed by atoms with van der Waals surface area (Å²) in [5.41, 5.74) is 2.73. The quantitative estimate of drug-likeness (QED) is 0.774. The molecule has 0 saturated heterocycles. The number of nitrogens with one attached hydrogen (secondary N) is 1. The van der Waals surface area contributed by atoms with Gasteiger partial charge >= 0.3 is 0 Å². The maximum Gasteiger partial charge on any atom is 0.243 e. The first-order chi connectivity index (χ1) is 11.6. The highest BCUT2D eigenvalue weighted by Gasteiger charge is 2.28. The minimum absolute atomic E-state index is 0.260. The number of aryl methyl sites for hydroxylation is 1. The highest BCUT2D eigenvalue weighted by Crippen LogP contribution is 2.30. The minimum atomic E-state index is -3.56. The van der Waals surface area contributed by atoms with Crippen molar-refractivity contribution >= 4 is 20.9 Å². The molecule has 0 spiro atoms. The number of H-pyrrole nitrogens is 1. The summed E-state index contributed by atoms with van der Waals surface area (Å²) < 4.78 is 41.0. The minimum Gasteiger partial charge on any atom is -0.358 e. The molecule has 124 valence electrons. The predicted octanol–water partition coefficient (Wildman–Crippen LogP) is 3.44. The fourth-order valence-corrected chi connectivity index (χ4v) is 4.77. The summed E-state index contributed by atoms with van der Waals surface area (Å²) in [7, 11) is -3.56. The number of sulfonamides is 1. The number of aromatic nitrogens is 1. The van der Waals surface area contributed by atoms with Crippen LogP contribution in [0.25, 0.3) is 10.9 Å². The molecule has 0 radical (unpaired) electrons. The van der Waals surface area contributed by atoms with Gasteiger partial charge < -0.3 is 4.98 Å². The molecule has 1 N–H and O–H groups in total. The zero-order valence-electron chi connectivity index (χ0n) is 13.0. The number of aromatic amines is 1. The summed E-state index contributed by atoms with van der Waals surface area (Å²) in [6.07, 6.45) is 1.49. The van der Waals surface area contributed by atoms with E-state index in [1.807, 2.05) is 0 Å². The summed E-state index contributed by atoms with van der Waals surface area (Å²) in [6, 6.07) is 13.0. The molecule has 3 aromatic rings. The van der Waals surface area contributed by atoms with Gasteiger partial charge in [0.1, 0.15) is 5.82 Å². The second-order valence-electron chi connectivity index (χ2n) is 6.03. The molecule has 0 saturated carbocycles. The van der Waals surface area contributed by atoms with Gasteiger partial charge in [-0.2, -0.15) is 4.31 Å². The largest absolute Gasteiger partial charge is 0.358 e. The Morgan fingerprint density at radius 1 is 1.08 bits per heavy atom. The van der Waals surface area contributed by atoms with Crippen LogP contribution in [0.2, 0.25) is 0 Å². The second kappa shape index (κ2) is 5.72. The number of benzene rings is 2. The summed E-state index contributed by atoms with van der Waals surface area (Å²) >= 11 is 0. The first-order valence-corrected chi connectivity index (χ1v) is 9.34. The van der Waals surface area contributed by atoms with Crippen LogP contribution in [0.5, 0.6) is 0 Å². The van der Waals surface area contributed by atoms with E-state index in [0.29, 0.717) is 11.4 Å². The van der Waals surface area contributed by atoms with Gasteiger partial charge in [-0.1, -0.05) is 18.2 Å². The summed E-state index contributed by atoms with van der Waals surface area (Å²) in [5, 5.41) is 0.764. The summed E-state index contributed by atoms with van der Waals surface area (Å²) in [6.45, 7) is 0.715. The lowest BCUT2D eigenvalue weighted by Gasteiger charge is -2.20. The van der Waals surface area contributed by atoms with Gasteiger partial charge in [0.05, 0.1) is 4.90 Å². The predicted molar refractivity (Wildman–Crippen MR) is 90.6 cm³/mol. The Morgan fingerprint density at radius 3 is 2.67 bits per heavy atom. The van der Waals surface area contributed by atoms with Crippen LogP contribution in [-0.2, 0) is 23.0 Å². The molecule has 4 rings (SSSR count). The molecule has 0 aliphatic carbocycles. The van der Waals surface area contributed by atoms with E-state index in [1.54, 1.807) is 36.4 Å². The lowest BCUT2D eigenvalue weighted by atomic mass is 10.1. The molecule has 1 aliphatic rings. The summed E-state index contributed by atoms with van der Waals surface area (Å²) in [4.78, 5) is 3.60. The standard InChI is InChI=1S/C18H17FN2O2S/c19-13-8-9-18-15(11-13)16-12-21(10-4-7-17(16)20-18)24(22,23)14-5-2-1-3-6-14/h1-3,5-6,8-9,11,20H,4,7,10,12H2. The van der Waals surface area contributed by atoms with E-state index in [0.717, 1.165) is 35.0 Å². The second-order valence-corrected chi connectivity index (χ2v) is 7.97. The molecular formula is C18H17FN2O2S. The van der Waals surface area contributed by atoms with E-state index in [4.69, 9.17) is 0 Å². The van der Waals surface area contributed by atoms with Crippen molar-refractivity contribution in [2.24, 2.45) is 0 Å².